The Morgan fingerprint density at radius 2 is 1.85 bits per heavy atom. The summed E-state index contributed by atoms with van der Waals surface area (Å²) in [6.07, 6.45) is -4.51. The molecule has 4 rings (SSSR count). The number of nitriles is 1. The van der Waals surface area contributed by atoms with Crippen molar-refractivity contribution < 1.29 is 13.2 Å². The minimum atomic E-state index is -4.51. The van der Waals surface area contributed by atoms with Crippen molar-refractivity contribution in [1.29, 1.82) is 5.26 Å². The van der Waals surface area contributed by atoms with Gasteiger partial charge >= 0.3 is 6.18 Å². The normalized spacial score (nSPS) is 15.9. The lowest BCUT2D eigenvalue weighted by atomic mass is 9.99. The van der Waals surface area contributed by atoms with Crippen molar-refractivity contribution >= 4 is 11.6 Å². The molecule has 1 unspecified atom stereocenters. The predicted octanol–water partition coefficient (Wildman–Crippen LogP) is 6.18. The van der Waals surface area contributed by atoms with Crippen LogP contribution in [0.1, 0.15) is 55.2 Å². The van der Waals surface area contributed by atoms with Gasteiger partial charge in [-0.15, -0.1) is 0 Å². The van der Waals surface area contributed by atoms with Gasteiger partial charge in [0.1, 0.15) is 6.04 Å². The maximum Gasteiger partial charge on any atom is 0.416 e. The molecule has 0 bridgehead atoms. The van der Waals surface area contributed by atoms with Crippen LogP contribution in [0.5, 0.6) is 0 Å². The Bertz CT molecular complexity index is 1320. The molecule has 0 spiro atoms. The van der Waals surface area contributed by atoms with Crippen molar-refractivity contribution in [3.63, 3.8) is 0 Å². The van der Waals surface area contributed by atoms with Crippen molar-refractivity contribution in [2.24, 2.45) is 0 Å². The highest BCUT2D eigenvalue weighted by Crippen LogP contribution is 2.44. The van der Waals surface area contributed by atoms with E-state index in [1.807, 2.05) is 13.8 Å². The average molecular weight is 448 g/mol. The van der Waals surface area contributed by atoms with Gasteiger partial charge in [0.25, 0.3) is 0 Å². The van der Waals surface area contributed by atoms with Gasteiger partial charge in [-0.05, 0) is 42.8 Å². The quantitative estimate of drug-likeness (QED) is 0.449. The van der Waals surface area contributed by atoms with E-state index in [2.05, 4.69) is 21.0 Å². The van der Waals surface area contributed by atoms with Crippen LogP contribution in [0, 0.1) is 17.9 Å². The van der Waals surface area contributed by atoms with E-state index in [0.29, 0.717) is 28.7 Å². The van der Waals surface area contributed by atoms with Crippen molar-refractivity contribution in [3.8, 4) is 6.07 Å². The van der Waals surface area contributed by atoms with E-state index in [1.54, 1.807) is 46.8 Å². The highest BCUT2D eigenvalue weighted by molar-refractivity contribution is 5.68. The Labute approximate surface area is 189 Å². The molecule has 9 heteroatoms. The molecule has 0 fully saturated rings. The van der Waals surface area contributed by atoms with E-state index in [9.17, 15) is 13.2 Å². The molecule has 33 heavy (non-hydrogen) atoms. The Hall–Kier alpha value is -4.11. The summed E-state index contributed by atoms with van der Waals surface area (Å²) in [6.45, 7) is 13.4. The second-order valence-corrected chi connectivity index (χ2v) is 7.97. The molecule has 166 valence electrons. The molecular weight excluding hydrogens is 429 g/mol. The van der Waals surface area contributed by atoms with Crippen LogP contribution in [0.3, 0.4) is 0 Å². The average Bonchev–Trinajstić information content (AvgIpc) is 3.23. The lowest BCUT2D eigenvalue weighted by Gasteiger charge is -2.34. The maximum atomic E-state index is 13.4. The van der Waals surface area contributed by atoms with Gasteiger partial charge in [0.2, 0.25) is 11.6 Å². The van der Waals surface area contributed by atoms with Gasteiger partial charge in [0.15, 0.2) is 5.82 Å². The van der Waals surface area contributed by atoms with Crippen LogP contribution < -0.4 is 4.90 Å². The van der Waals surface area contributed by atoms with Gasteiger partial charge in [-0.1, -0.05) is 32.0 Å². The lowest BCUT2D eigenvalue weighted by Crippen LogP contribution is -2.30. The third kappa shape index (κ3) is 3.83. The summed E-state index contributed by atoms with van der Waals surface area (Å²) in [5.74, 6) is 0.807. The number of nitrogens with zero attached hydrogens (tertiary/aromatic N) is 6. The molecule has 0 amide bonds. The van der Waals surface area contributed by atoms with Crippen LogP contribution in [0.25, 0.3) is 4.85 Å². The number of alkyl halides is 3. The van der Waals surface area contributed by atoms with Crippen molar-refractivity contribution in [3.05, 3.63) is 93.9 Å². The number of fused-ring (bicyclic) bond motifs is 1. The Balaban J connectivity index is 1.96. The van der Waals surface area contributed by atoms with Crippen LogP contribution >= 0.6 is 0 Å². The molecule has 1 atom stereocenters. The summed E-state index contributed by atoms with van der Waals surface area (Å²) < 4.78 is 41.8. The van der Waals surface area contributed by atoms with Crippen molar-refractivity contribution in [1.82, 2.24) is 14.8 Å². The fourth-order valence-electron chi connectivity index (χ4n) is 3.79. The molecule has 1 aliphatic heterocycles. The number of rotatable bonds is 3. The van der Waals surface area contributed by atoms with Gasteiger partial charge in [0.05, 0.1) is 23.8 Å². The SMILES string of the molecule is [C-]#[N+]C1=C(C)N(c2cccc(C(F)(F)F)c2)c2nc(C(C)C)nn2C1c1ccc(C#N)cc1. The molecule has 1 aliphatic rings. The van der Waals surface area contributed by atoms with Gasteiger partial charge in [-0.25, -0.2) is 9.53 Å². The third-order valence-electron chi connectivity index (χ3n) is 5.46. The first-order chi connectivity index (χ1) is 15.7. The molecule has 0 N–H and O–H groups in total. The van der Waals surface area contributed by atoms with E-state index in [1.165, 1.54) is 6.07 Å². The number of anilines is 2. The molecule has 6 nitrogen and oxygen atoms in total. The predicted molar refractivity (Wildman–Crippen MR) is 116 cm³/mol. The summed E-state index contributed by atoms with van der Waals surface area (Å²) in [4.78, 5) is 9.92. The standard InChI is InChI=1S/C24H19F3N6/c1-14(2)22-30-23-32(19-7-5-6-18(12-19)24(25,26)27)15(3)20(29-4)21(33(23)31-22)17-10-8-16(13-28)9-11-17/h5-12,14,21H,1-3H3. The monoisotopic (exact) mass is 448 g/mol. The van der Waals surface area contributed by atoms with E-state index in [4.69, 9.17) is 11.8 Å². The first-order valence-electron chi connectivity index (χ1n) is 10.2. The minimum absolute atomic E-state index is 0.0372. The molecule has 3 aromatic rings. The molecule has 2 heterocycles. The number of hydrogen-bond donors (Lipinski definition) is 0. The second kappa shape index (κ2) is 8.10. The van der Waals surface area contributed by atoms with Crippen LogP contribution in [0.15, 0.2) is 59.9 Å². The zero-order valence-electron chi connectivity index (χ0n) is 18.1. The number of hydrogen-bond acceptors (Lipinski definition) is 4. The van der Waals surface area contributed by atoms with Gasteiger partial charge in [-0.3, -0.25) is 4.90 Å². The number of allylic oxidation sites excluding steroid dienone is 2. The molecule has 1 aromatic heterocycles. The smallest absolute Gasteiger partial charge is 0.294 e. The van der Waals surface area contributed by atoms with Gasteiger partial charge in [0, 0.05) is 17.3 Å². The van der Waals surface area contributed by atoms with Crippen LogP contribution in [-0.2, 0) is 6.18 Å². The summed E-state index contributed by atoms with van der Waals surface area (Å²) in [5.41, 5.74) is 1.43. The zero-order chi connectivity index (χ0) is 23.9. The fourth-order valence-corrected chi connectivity index (χ4v) is 3.79. The second-order valence-electron chi connectivity index (χ2n) is 7.97. The van der Waals surface area contributed by atoms with Gasteiger partial charge < -0.3 is 0 Å². The largest absolute Gasteiger partial charge is 0.416 e. The first-order valence-corrected chi connectivity index (χ1v) is 10.2. The van der Waals surface area contributed by atoms with Crippen molar-refractivity contribution in [2.45, 2.75) is 38.9 Å². The van der Waals surface area contributed by atoms with E-state index in [-0.39, 0.29) is 11.6 Å². The Morgan fingerprint density at radius 3 is 2.42 bits per heavy atom. The zero-order valence-corrected chi connectivity index (χ0v) is 18.1. The molecular formula is C24H19F3N6. The number of benzene rings is 2. The highest BCUT2D eigenvalue weighted by atomic mass is 19.4. The number of aromatic nitrogens is 3. The summed E-state index contributed by atoms with van der Waals surface area (Å²) in [7, 11) is 0. The van der Waals surface area contributed by atoms with Crippen LogP contribution in [0.2, 0.25) is 0 Å². The Morgan fingerprint density at radius 1 is 1.15 bits per heavy atom. The fraction of sp³-hybridized carbons (Fsp3) is 0.250. The summed E-state index contributed by atoms with van der Waals surface area (Å²) in [5, 5.41) is 13.7. The van der Waals surface area contributed by atoms with Gasteiger partial charge in [-0.2, -0.15) is 28.5 Å². The number of halogens is 3. The van der Waals surface area contributed by atoms with E-state index < -0.39 is 17.8 Å². The van der Waals surface area contributed by atoms with E-state index in [0.717, 1.165) is 17.7 Å². The molecule has 0 saturated carbocycles. The molecule has 2 aromatic carbocycles. The molecule has 0 saturated heterocycles. The van der Waals surface area contributed by atoms with Crippen molar-refractivity contribution in [2.75, 3.05) is 4.90 Å². The van der Waals surface area contributed by atoms with Crippen LogP contribution in [0.4, 0.5) is 24.8 Å². The molecule has 0 radical (unpaired) electrons. The summed E-state index contributed by atoms with van der Waals surface area (Å²) in [6, 6.07) is 13.2. The molecule has 0 aliphatic carbocycles. The van der Waals surface area contributed by atoms with E-state index >= 15 is 0 Å². The Kier molecular flexibility index (Phi) is 5.43. The lowest BCUT2D eigenvalue weighted by molar-refractivity contribution is -0.137. The van der Waals surface area contributed by atoms with Crippen LogP contribution in [-0.4, -0.2) is 14.8 Å². The maximum absolute atomic E-state index is 13.4. The topological polar surface area (TPSA) is 62.1 Å². The summed E-state index contributed by atoms with van der Waals surface area (Å²) >= 11 is 0. The third-order valence-corrected chi connectivity index (χ3v) is 5.46. The highest BCUT2D eigenvalue weighted by Gasteiger charge is 2.37. The minimum Gasteiger partial charge on any atom is -0.294 e. The first kappa shape index (κ1) is 22.1.